The van der Waals surface area contributed by atoms with Crippen molar-refractivity contribution in [1.29, 1.82) is 0 Å². The summed E-state index contributed by atoms with van der Waals surface area (Å²) in [5.41, 5.74) is 1.26. The Hall–Kier alpha value is -1.66. The number of rotatable bonds is 5. The first-order valence-electron chi connectivity index (χ1n) is 17.5. The van der Waals surface area contributed by atoms with Crippen molar-refractivity contribution >= 4 is 0 Å². The fourth-order valence-electron chi connectivity index (χ4n) is 5.81. The van der Waals surface area contributed by atoms with Gasteiger partial charge in [-0.05, 0) is 113 Å². The minimum Gasteiger partial charge on any atom is -0.335 e. The second kappa shape index (κ2) is 27.6. The van der Waals surface area contributed by atoms with E-state index in [0.29, 0.717) is 6.04 Å². The normalized spacial score (nSPS) is 19.9. The zero-order chi connectivity index (χ0) is 31.2. The van der Waals surface area contributed by atoms with Crippen molar-refractivity contribution in [3.63, 3.8) is 0 Å². The zero-order valence-electron chi connectivity index (χ0n) is 29.2. The lowest BCUT2D eigenvalue weighted by Crippen LogP contribution is -2.15. The number of nitrogens with one attached hydrogen (secondary N) is 3. The summed E-state index contributed by atoms with van der Waals surface area (Å²) in [7, 11) is 0. The summed E-state index contributed by atoms with van der Waals surface area (Å²) in [4.78, 5) is 3.91. The first kappa shape index (κ1) is 44.5. The molecule has 4 heterocycles. The molecule has 3 N–H and O–H groups in total. The average molecular weight is 619 g/mol. The topological polar surface area (TPSA) is 70.6 Å². The standard InChI is InChI=1S/C9H19N.C9H18.C7H15N.C6H10N2.C5H8N2.2CH4/c1-8(2)9-4-3-6-10-7-5-9;1-8(2)9-6-4-3-5-7-9;1-6(2)7-3-4-8-5-7;1-6(2)8-4-3-7-5-8;1-2-5-3-6-7-4-5;;/h8-10H,3-7H2,1-2H3;8-9H,3-7H2,1-2H3;6-8H,3-5H2,1-2H3;3-6H,1-2H3;3-4H,2H2,1H3,(H,6,7);2*1H4. The molecule has 44 heavy (non-hydrogen) atoms. The van der Waals surface area contributed by atoms with Gasteiger partial charge in [0, 0.05) is 24.6 Å². The summed E-state index contributed by atoms with van der Waals surface area (Å²) < 4.78 is 2.06. The summed E-state index contributed by atoms with van der Waals surface area (Å²) in [6.07, 6.45) is 23.4. The van der Waals surface area contributed by atoms with Crippen LogP contribution in [0.5, 0.6) is 0 Å². The zero-order valence-corrected chi connectivity index (χ0v) is 29.2. The van der Waals surface area contributed by atoms with Crippen LogP contribution < -0.4 is 10.6 Å². The Morgan fingerprint density at radius 2 is 1.30 bits per heavy atom. The van der Waals surface area contributed by atoms with Gasteiger partial charge in [0.1, 0.15) is 0 Å². The van der Waals surface area contributed by atoms with Crippen molar-refractivity contribution in [1.82, 2.24) is 30.4 Å². The van der Waals surface area contributed by atoms with Crippen LogP contribution in [0.2, 0.25) is 0 Å². The Morgan fingerprint density at radius 3 is 1.66 bits per heavy atom. The van der Waals surface area contributed by atoms with Crippen molar-refractivity contribution < 1.29 is 0 Å². The highest BCUT2D eigenvalue weighted by Gasteiger charge is 2.17. The number of hydrogen-bond acceptors (Lipinski definition) is 4. The molecule has 0 bridgehead atoms. The van der Waals surface area contributed by atoms with Crippen LogP contribution in [0.15, 0.2) is 31.1 Å². The number of aryl methyl sites for hydroxylation is 1. The Morgan fingerprint density at radius 1 is 0.727 bits per heavy atom. The maximum absolute atomic E-state index is 3.91. The highest BCUT2D eigenvalue weighted by Crippen LogP contribution is 2.29. The molecule has 2 aromatic rings. The van der Waals surface area contributed by atoms with Gasteiger partial charge in [-0.1, -0.05) is 95.4 Å². The lowest BCUT2D eigenvalue weighted by Gasteiger charge is -2.24. The molecular weight excluding hydrogens is 540 g/mol. The molecule has 2 aliphatic heterocycles. The summed E-state index contributed by atoms with van der Waals surface area (Å²) >= 11 is 0. The molecule has 2 saturated heterocycles. The van der Waals surface area contributed by atoms with E-state index < -0.39 is 0 Å². The maximum Gasteiger partial charge on any atom is 0.0948 e. The molecule has 6 heteroatoms. The van der Waals surface area contributed by atoms with Gasteiger partial charge in [0.15, 0.2) is 0 Å². The quantitative estimate of drug-likeness (QED) is 0.312. The summed E-state index contributed by atoms with van der Waals surface area (Å²) in [6.45, 7) is 25.3. The lowest BCUT2D eigenvalue weighted by atomic mass is 9.82. The number of aromatic nitrogens is 4. The summed E-state index contributed by atoms with van der Waals surface area (Å²) in [6, 6.07) is 0.539. The Balaban J connectivity index is 0. The van der Waals surface area contributed by atoms with Gasteiger partial charge in [0.2, 0.25) is 0 Å². The monoisotopic (exact) mass is 619 g/mol. The molecule has 2 unspecified atom stereocenters. The van der Waals surface area contributed by atoms with E-state index in [1.165, 1.54) is 89.5 Å². The second-order valence-electron chi connectivity index (χ2n) is 13.9. The third-order valence-corrected chi connectivity index (χ3v) is 9.28. The van der Waals surface area contributed by atoms with E-state index in [-0.39, 0.29) is 14.9 Å². The summed E-state index contributed by atoms with van der Waals surface area (Å²) in [5, 5.41) is 13.3. The molecule has 0 radical (unpaired) electrons. The highest BCUT2D eigenvalue weighted by molar-refractivity contribution is 5.00. The van der Waals surface area contributed by atoms with Gasteiger partial charge in [-0.25, -0.2) is 4.98 Å². The number of H-pyrrole nitrogens is 1. The van der Waals surface area contributed by atoms with Crippen LogP contribution in [0.1, 0.15) is 147 Å². The van der Waals surface area contributed by atoms with Gasteiger partial charge in [0.25, 0.3) is 0 Å². The minimum atomic E-state index is 0. The van der Waals surface area contributed by atoms with Crippen LogP contribution in [0.4, 0.5) is 0 Å². The smallest absolute Gasteiger partial charge is 0.0948 e. The van der Waals surface area contributed by atoms with Crippen LogP contribution in [-0.2, 0) is 6.42 Å². The van der Waals surface area contributed by atoms with Crippen LogP contribution in [0.25, 0.3) is 0 Å². The molecule has 5 rings (SSSR count). The van der Waals surface area contributed by atoms with Crippen molar-refractivity contribution in [2.45, 2.75) is 147 Å². The molecule has 0 spiro atoms. The van der Waals surface area contributed by atoms with Crippen molar-refractivity contribution in [3.05, 3.63) is 36.7 Å². The van der Waals surface area contributed by atoms with Gasteiger partial charge < -0.3 is 15.2 Å². The van der Waals surface area contributed by atoms with E-state index in [9.17, 15) is 0 Å². The van der Waals surface area contributed by atoms with Gasteiger partial charge in [-0.3, -0.25) is 5.10 Å². The SMILES string of the molecule is C.C.CC(C)C1CCCCC1.CC(C)C1CCCNCC1.CC(C)C1CCNC1.CC(C)n1ccnc1.CCc1cn[nH]c1. The third kappa shape index (κ3) is 21.1. The predicted molar refractivity (Wildman–Crippen MR) is 196 cm³/mol. The maximum atomic E-state index is 3.91. The molecule has 260 valence electrons. The van der Waals surface area contributed by atoms with E-state index in [4.69, 9.17) is 0 Å². The number of nitrogens with zero attached hydrogens (tertiary/aromatic N) is 3. The van der Waals surface area contributed by atoms with Gasteiger partial charge in [-0.2, -0.15) is 5.10 Å². The van der Waals surface area contributed by atoms with E-state index in [1.807, 2.05) is 24.9 Å². The lowest BCUT2D eigenvalue weighted by molar-refractivity contribution is 0.279. The molecule has 3 aliphatic rings. The van der Waals surface area contributed by atoms with E-state index in [2.05, 4.69) is 92.7 Å². The van der Waals surface area contributed by atoms with Crippen LogP contribution in [-0.4, -0.2) is 45.9 Å². The number of aromatic amines is 1. The Labute approximate surface area is 275 Å². The minimum absolute atomic E-state index is 0. The molecular formula is C38H78N6. The molecule has 6 nitrogen and oxygen atoms in total. The largest absolute Gasteiger partial charge is 0.335 e. The fraction of sp³-hybridized carbons (Fsp3) is 0.842. The van der Waals surface area contributed by atoms with Crippen LogP contribution in [0.3, 0.4) is 0 Å². The predicted octanol–water partition coefficient (Wildman–Crippen LogP) is 10.2. The molecule has 2 atom stereocenters. The van der Waals surface area contributed by atoms with Crippen LogP contribution >= 0.6 is 0 Å². The van der Waals surface area contributed by atoms with E-state index >= 15 is 0 Å². The highest BCUT2D eigenvalue weighted by atomic mass is 15.1. The molecule has 3 fully saturated rings. The Kier molecular flexibility index (Phi) is 27.9. The Bertz CT molecular complexity index is 793. The molecule has 1 saturated carbocycles. The third-order valence-electron chi connectivity index (χ3n) is 9.28. The van der Waals surface area contributed by atoms with Gasteiger partial charge in [0.05, 0.1) is 12.5 Å². The van der Waals surface area contributed by atoms with Crippen molar-refractivity contribution in [3.8, 4) is 0 Å². The molecule has 1 aliphatic carbocycles. The fourth-order valence-corrected chi connectivity index (χ4v) is 5.81. The molecule has 0 amide bonds. The average Bonchev–Trinajstić information content (AvgIpc) is 3.77. The van der Waals surface area contributed by atoms with E-state index in [1.54, 1.807) is 6.20 Å². The number of hydrogen-bond donors (Lipinski definition) is 3. The van der Waals surface area contributed by atoms with Crippen molar-refractivity contribution in [2.75, 3.05) is 26.2 Å². The first-order valence-corrected chi connectivity index (χ1v) is 17.5. The van der Waals surface area contributed by atoms with Crippen LogP contribution in [0, 0.1) is 35.5 Å². The van der Waals surface area contributed by atoms with Gasteiger partial charge in [-0.15, -0.1) is 0 Å². The summed E-state index contributed by atoms with van der Waals surface area (Å²) in [5.74, 6) is 5.69. The van der Waals surface area contributed by atoms with Gasteiger partial charge >= 0.3 is 0 Å². The second-order valence-corrected chi connectivity index (χ2v) is 13.9. The van der Waals surface area contributed by atoms with Crippen molar-refractivity contribution in [2.24, 2.45) is 35.5 Å². The molecule has 2 aromatic heterocycles. The molecule has 0 aromatic carbocycles. The first-order chi connectivity index (χ1) is 20.1. The number of imidazole rings is 1. The van der Waals surface area contributed by atoms with E-state index in [0.717, 1.165) is 41.9 Å².